The molecular formula is C54H36N2. The summed E-state index contributed by atoms with van der Waals surface area (Å²) in [5.74, 6) is 0. The molecule has 0 N–H and O–H groups in total. The zero-order valence-electron chi connectivity index (χ0n) is 30.7. The Morgan fingerprint density at radius 1 is 0.357 bits per heavy atom. The fraction of sp³-hybridized carbons (Fsp3) is 0. The van der Waals surface area contributed by atoms with Gasteiger partial charge >= 0.3 is 0 Å². The molecule has 0 saturated heterocycles. The lowest BCUT2D eigenvalue weighted by molar-refractivity contribution is 1.27. The minimum Gasteiger partial charge on any atom is -0.315 e. The Balaban J connectivity index is 1.11. The molecule has 0 aliphatic heterocycles. The van der Waals surface area contributed by atoms with E-state index in [1.54, 1.807) is 0 Å². The van der Waals surface area contributed by atoms with Crippen LogP contribution >= 0.6 is 0 Å². The molecule has 0 spiro atoms. The van der Waals surface area contributed by atoms with Crippen LogP contribution in [-0.2, 0) is 0 Å². The summed E-state index contributed by atoms with van der Waals surface area (Å²) in [6.45, 7) is 0. The molecule has 2 heterocycles. The highest BCUT2D eigenvalue weighted by Crippen LogP contribution is 2.45. The van der Waals surface area contributed by atoms with Crippen molar-refractivity contribution in [1.82, 2.24) is 4.40 Å². The first-order valence-corrected chi connectivity index (χ1v) is 19.3. The van der Waals surface area contributed by atoms with Crippen molar-refractivity contribution in [3.63, 3.8) is 0 Å². The molecule has 9 aromatic carbocycles. The molecule has 11 rings (SSSR count). The van der Waals surface area contributed by atoms with Crippen LogP contribution < -0.4 is 4.90 Å². The normalized spacial score (nSPS) is 11.6. The highest BCUT2D eigenvalue weighted by atomic mass is 15.1. The van der Waals surface area contributed by atoms with E-state index in [2.05, 4.69) is 228 Å². The van der Waals surface area contributed by atoms with Crippen LogP contribution in [0.2, 0.25) is 0 Å². The number of benzene rings is 9. The van der Waals surface area contributed by atoms with Crippen LogP contribution in [0, 0.1) is 0 Å². The number of hydrogen-bond acceptors (Lipinski definition) is 1. The summed E-state index contributed by atoms with van der Waals surface area (Å²) in [4.78, 5) is 2.42. The van der Waals surface area contributed by atoms with Crippen molar-refractivity contribution in [3.8, 4) is 33.4 Å². The molecule has 56 heavy (non-hydrogen) atoms. The molecule has 2 aromatic heterocycles. The molecule has 262 valence electrons. The third-order valence-electron chi connectivity index (χ3n) is 11.4. The lowest BCUT2D eigenvalue weighted by atomic mass is 9.94. The minimum absolute atomic E-state index is 1.10. The predicted octanol–water partition coefficient (Wildman–Crippen LogP) is 15.0. The van der Waals surface area contributed by atoms with Gasteiger partial charge in [0.15, 0.2) is 0 Å². The van der Waals surface area contributed by atoms with Crippen molar-refractivity contribution >= 4 is 65.8 Å². The van der Waals surface area contributed by atoms with E-state index in [9.17, 15) is 0 Å². The van der Waals surface area contributed by atoms with E-state index in [0.29, 0.717) is 0 Å². The highest BCUT2D eigenvalue weighted by molar-refractivity contribution is 6.19. The number of para-hydroxylation sites is 1. The Hall–Kier alpha value is -7.42. The van der Waals surface area contributed by atoms with Gasteiger partial charge in [-0.05, 0) is 91.8 Å². The van der Waals surface area contributed by atoms with Gasteiger partial charge in [0, 0.05) is 39.3 Å². The summed E-state index contributed by atoms with van der Waals surface area (Å²) < 4.78 is 2.38. The Morgan fingerprint density at radius 2 is 0.911 bits per heavy atom. The van der Waals surface area contributed by atoms with Crippen LogP contribution in [0.1, 0.15) is 0 Å². The van der Waals surface area contributed by atoms with Gasteiger partial charge in [0.2, 0.25) is 0 Å². The van der Waals surface area contributed by atoms with Crippen molar-refractivity contribution in [2.45, 2.75) is 0 Å². The third kappa shape index (κ3) is 5.19. The molecule has 0 saturated carbocycles. The van der Waals surface area contributed by atoms with Gasteiger partial charge in [0.1, 0.15) is 0 Å². The second-order valence-corrected chi connectivity index (χ2v) is 14.5. The average Bonchev–Trinajstić information content (AvgIpc) is 3.62. The summed E-state index contributed by atoms with van der Waals surface area (Å²) in [7, 11) is 0. The van der Waals surface area contributed by atoms with Crippen LogP contribution in [-0.4, -0.2) is 4.40 Å². The molecule has 2 nitrogen and oxygen atoms in total. The zero-order chi connectivity index (χ0) is 37.0. The summed E-state index contributed by atoms with van der Waals surface area (Å²) in [5, 5.41) is 8.68. The van der Waals surface area contributed by atoms with Gasteiger partial charge in [-0.15, -0.1) is 0 Å². The van der Waals surface area contributed by atoms with Crippen LogP contribution in [0.15, 0.2) is 219 Å². The van der Waals surface area contributed by atoms with Crippen molar-refractivity contribution in [2.75, 3.05) is 4.90 Å². The quantitative estimate of drug-likeness (QED) is 0.156. The molecule has 0 atom stereocenters. The zero-order valence-corrected chi connectivity index (χ0v) is 30.7. The van der Waals surface area contributed by atoms with Gasteiger partial charge in [-0.3, -0.25) is 0 Å². The van der Waals surface area contributed by atoms with Crippen molar-refractivity contribution in [3.05, 3.63) is 219 Å². The summed E-state index contributed by atoms with van der Waals surface area (Å²) in [6, 6.07) is 77.2. The molecule has 2 heteroatoms. The van der Waals surface area contributed by atoms with E-state index in [4.69, 9.17) is 0 Å². The Morgan fingerprint density at radius 3 is 1.64 bits per heavy atom. The number of aromatic nitrogens is 1. The predicted molar refractivity (Wildman–Crippen MR) is 238 cm³/mol. The Bertz CT molecular complexity index is 3210. The lowest BCUT2D eigenvalue weighted by Gasteiger charge is -2.28. The second kappa shape index (κ2) is 13.2. The minimum atomic E-state index is 1.10. The van der Waals surface area contributed by atoms with Gasteiger partial charge in [-0.2, -0.15) is 0 Å². The first-order chi connectivity index (χ1) is 27.8. The maximum atomic E-state index is 2.42. The first-order valence-electron chi connectivity index (χ1n) is 19.3. The Labute approximate surface area is 325 Å². The molecule has 0 unspecified atom stereocenters. The lowest BCUT2D eigenvalue weighted by Crippen LogP contribution is -2.10. The highest BCUT2D eigenvalue weighted by Gasteiger charge is 2.20. The molecule has 0 aliphatic rings. The molecule has 0 fully saturated rings. The average molecular weight is 713 g/mol. The standard InChI is InChI=1S/C54H36N2/c1-3-14-37(15-4-1)38-26-30-43(31-27-38)56(51-36-42-18-7-8-20-45(42)47-21-9-10-22-48(47)51)44-32-28-39(29-33-44)46-24-13-19-41-34-35-55-50-25-12-11-23-49(50)53(54(55)52(41)46)40-16-5-2-6-17-40/h1-36H. The van der Waals surface area contributed by atoms with Gasteiger partial charge in [-0.25, -0.2) is 0 Å². The van der Waals surface area contributed by atoms with Crippen LogP contribution in [0.3, 0.4) is 0 Å². The van der Waals surface area contributed by atoms with Gasteiger partial charge in [0.05, 0.1) is 16.7 Å². The maximum absolute atomic E-state index is 2.42. The maximum Gasteiger partial charge on any atom is 0.0625 e. The number of anilines is 3. The molecule has 0 amide bonds. The molecule has 11 aromatic rings. The molecular weight excluding hydrogens is 677 g/mol. The second-order valence-electron chi connectivity index (χ2n) is 14.5. The van der Waals surface area contributed by atoms with E-state index in [0.717, 1.165) is 17.1 Å². The van der Waals surface area contributed by atoms with Gasteiger partial charge in [0.25, 0.3) is 0 Å². The van der Waals surface area contributed by atoms with Gasteiger partial charge < -0.3 is 9.30 Å². The van der Waals surface area contributed by atoms with Crippen molar-refractivity contribution < 1.29 is 0 Å². The van der Waals surface area contributed by atoms with E-state index in [1.807, 2.05) is 0 Å². The third-order valence-corrected chi connectivity index (χ3v) is 11.4. The van der Waals surface area contributed by atoms with Crippen LogP contribution in [0.4, 0.5) is 17.1 Å². The fourth-order valence-electron chi connectivity index (χ4n) is 8.80. The van der Waals surface area contributed by atoms with E-state index < -0.39 is 0 Å². The SMILES string of the molecule is c1ccc(-c2ccc(N(c3ccc(-c4cccc5ccn6c7ccccc7c(-c7ccccc7)c6c45)cc3)c3cc4ccccc4c4ccccc34)cc2)cc1. The number of hydrogen-bond donors (Lipinski definition) is 0. The number of nitrogens with zero attached hydrogens (tertiary/aromatic N) is 2. The van der Waals surface area contributed by atoms with Crippen LogP contribution in [0.25, 0.3) is 82.1 Å². The largest absolute Gasteiger partial charge is 0.315 e. The summed E-state index contributed by atoms with van der Waals surface area (Å²) in [5.41, 5.74) is 13.1. The van der Waals surface area contributed by atoms with E-state index in [-0.39, 0.29) is 0 Å². The monoisotopic (exact) mass is 712 g/mol. The van der Waals surface area contributed by atoms with Crippen molar-refractivity contribution in [1.29, 1.82) is 0 Å². The summed E-state index contributed by atoms with van der Waals surface area (Å²) in [6.07, 6.45) is 2.23. The topological polar surface area (TPSA) is 7.65 Å². The van der Waals surface area contributed by atoms with E-state index >= 15 is 0 Å². The number of fused-ring (bicyclic) bond motifs is 8. The fourth-order valence-corrected chi connectivity index (χ4v) is 8.80. The smallest absolute Gasteiger partial charge is 0.0625 e. The first kappa shape index (κ1) is 32.0. The molecule has 0 aliphatic carbocycles. The number of rotatable bonds is 6. The molecule has 0 bridgehead atoms. The van der Waals surface area contributed by atoms with Crippen molar-refractivity contribution in [2.24, 2.45) is 0 Å². The Kier molecular flexibility index (Phi) is 7.53. The molecule has 0 radical (unpaired) electrons. The van der Waals surface area contributed by atoms with Gasteiger partial charge in [-0.1, -0.05) is 170 Å². The van der Waals surface area contributed by atoms with E-state index in [1.165, 1.54) is 82.1 Å². The summed E-state index contributed by atoms with van der Waals surface area (Å²) >= 11 is 0. The number of pyridine rings is 1. The van der Waals surface area contributed by atoms with Crippen LogP contribution in [0.5, 0.6) is 0 Å².